The number of carboxylic acid groups (broad SMARTS) is 1. The van der Waals surface area contributed by atoms with Crippen molar-refractivity contribution in [3.05, 3.63) is 35.6 Å². The second-order valence-corrected chi connectivity index (χ2v) is 6.91. The summed E-state index contributed by atoms with van der Waals surface area (Å²) in [5.74, 6) is -0.887. The highest BCUT2D eigenvalue weighted by Crippen LogP contribution is 2.49. The van der Waals surface area contributed by atoms with Crippen LogP contribution in [0.25, 0.3) is 0 Å². The van der Waals surface area contributed by atoms with Crippen molar-refractivity contribution >= 4 is 12.0 Å². The summed E-state index contributed by atoms with van der Waals surface area (Å²) in [7, 11) is 0. The van der Waals surface area contributed by atoms with Gasteiger partial charge in [0.15, 0.2) is 0 Å². The van der Waals surface area contributed by atoms with Crippen LogP contribution in [0, 0.1) is 17.2 Å². The van der Waals surface area contributed by atoms with Crippen molar-refractivity contribution < 1.29 is 19.1 Å². The Bertz CT molecular complexity index is 618. The van der Waals surface area contributed by atoms with Gasteiger partial charge in [0.2, 0.25) is 0 Å². The van der Waals surface area contributed by atoms with Crippen molar-refractivity contribution in [1.82, 2.24) is 10.6 Å². The zero-order valence-electron chi connectivity index (χ0n) is 13.6. The van der Waals surface area contributed by atoms with Crippen LogP contribution in [-0.4, -0.2) is 29.2 Å². The molecule has 1 saturated carbocycles. The van der Waals surface area contributed by atoms with E-state index in [1.807, 2.05) is 20.8 Å². The maximum Gasteiger partial charge on any atom is 0.405 e. The number of rotatable bonds is 4. The normalized spacial score (nSPS) is 25.8. The lowest BCUT2D eigenvalue weighted by Crippen LogP contribution is -2.54. The molecule has 0 radical (unpaired) electrons. The van der Waals surface area contributed by atoms with Gasteiger partial charge in [0.1, 0.15) is 5.82 Å². The molecule has 3 N–H and O–H groups in total. The van der Waals surface area contributed by atoms with Gasteiger partial charge in [-0.25, -0.2) is 9.18 Å². The smallest absolute Gasteiger partial charge is 0.405 e. The Balaban J connectivity index is 2.03. The van der Waals surface area contributed by atoms with E-state index in [-0.39, 0.29) is 16.9 Å². The van der Waals surface area contributed by atoms with Gasteiger partial charge in [0, 0.05) is 12.1 Å². The average molecular weight is 322 g/mol. The van der Waals surface area contributed by atoms with Crippen LogP contribution in [0.5, 0.6) is 0 Å². The number of amides is 2. The van der Waals surface area contributed by atoms with Gasteiger partial charge in [0.25, 0.3) is 5.91 Å². The van der Waals surface area contributed by atoms with Crippen LogP contribution >= 0.6 is 0 Å². The van der Waals surface area contributed by atoms with E-state index in [9.17, 15) is 14.0 Å². The second kappa shape index (κ2) is 6.18. The Morgan fingerprint density at radius 1 is 1.30 bits per heavy atom. The standard InChI is InChI=1S/C17H23FN2O3/c1-16(2)11(8-9-17(16,3)20-15(22)23)10-19-14(21)12-6-4-5-7-13(12)18/h4-7,11,20H,8-10H2,1-3H3,(H,19,21)(H,22,23)/t11-,17-/m1/s1. The number of halogens is 1. The molecule has 1 aliphatic carbocycles. The first-order valence-electron chi connectivity index (χ1n) is 7.71. The first kappa shape index (κ1) is 17.2. The minimum atomic E-state index is -1.04. The maximum atomic E-state index is 13.6. The monoisotopic (exact) mass is 322 g/mol. The lowest BCUT2D eigenvalue weighted by molar-refractivity contribution is 0.0895. The molecule has 0 bridgehead atoms. The van der Waals surface area contributed by atoms with Gasteiger partial charge in [-0.05, 0) is 43.2 Å². The van der Waals surface area contributed by atoms with E-state index >= 15 is 0 Å². The molecule has 1 aromatic carbocycles. The summed E-state index contributed by atoms with van der Waals surface area (Å²) in [4.78, 5) is 23.1. The summed E-state index contributed by atoms with van der Waals surface area (Å²) in [6.45, 7) is 6.27. The third-order valence-corrected chi connectivity index (χ3v) is 5.45. The molecule has 0 saturated heterocycles. The van der Waals surface area contributed by atoms with Crippen LogP contribution in [0.3, 0.4) is 0 Å². The van der Waals surface area contributed by atoms with E-state index in [1.54, 1.807) is 6.07 Å². The number of hydrogen-bond donors (Lipinski definition) is 3. The fraction of sp³-hybridized carbons (Fsp3) is 0.529. The molecular weight excluding hydrogens is 299 g/mol. The van der Waals surface area contributed by atoms with Gasteiger partial charge in [-0.3, -0.25) is 4.79 Å². The lowest BCUT2D eigenvalue weighted by Gasteiger charge is -2.41. The van der Waals surface area contributed by atoms with E-state index in [2.05, 4.69) is 10.6 Å². The number of benzene rings is 1. The van der Waals surface area contributed by atoms with Gasteiger partial charge in [-0.1, -0.05) is 26.0 Å². The molecule has 126 valence electrons. The Kier molecular flexibility index (Phi) is 4.63. The average Bonchev–Trinajstić information content (AvgIpc) is 2.66. The molecule has 0 aromatic heterocycles. The van der Waals surface area contributed by atoms with Crippen LogP contribution in [0.1, 0.15) is 44.0 Å². The largest absolute Gasteiger partial charge is 0.465 e. The summed E-state index contributed by atoms with van der Waals surface area (Å²) < 4.78 is 13.6. The van der Waals surface area contributed by atoms with E-state index in [0.717, 1.165) is 6.42 Å². The number of carbonyl (C=O) groups excluding carboxylic acids is 1. The third-order valence-electron chi connectivity index (χ3n) is 5.45. The number of hydrogen-bond acceptors (Lipinski definition) is 2. The minimum Gasteiger partial charge on any atom is -0.465 e. The molecule has 2 atom stereocenters. The van der Waals surface area contributed by atoms with Crippen LogP contribution in [-0.2, 0) is 0 Å². The van der Waals surface area contributed by atoms with Crippen molar-refractivity contribution in [3.63, 3.8) is 0 Å². The van der Waals surface area contributed by atoms with Gasteiger partial charge in [0.05, 0.1) is 5.56 Å². The summed E-state index contributed by atoms with van der Waals surface area (Å²) in [6, 6.07) is 5.85. The molecule has 1 fully saturated rings. The highest BCUT2D eigenvalue weighted by atomic mass is 19.1. The topological polar surface area (TPSA) is 78.4 Å². The highest BCUT2D eigenvalue weighted by molar-refractivity contribution is 5.94. The molecule has 1 aliphatic rings. The van der Waals surface area contributed by atoms with Crippen molar-refractivity contribution in [2.45, 2.75) is 39.2 Å². The zero-order chi connectivity index (χ0) is 17.3. The fourth-order valence-electron chi connectivity index (χ4n) is 3.37. The molecule has 0 spiro atoms. The van der Waals surface area contributed by atoms with Gasteiger partial charge < -0.3 is 15.7 Å². The third kappa shape index (κ3) is 3.30. The Morgan fingerprint density at radius 2 is 1.96 bits per heavy atom. The Hall–Kier alpha value is -2.11. The molecule has 0 heterocycles. The molecule has 0 unspecified atom stereocenters. The molecular formula is C17H23FN2O3. The molecule has 2 amide bonds. The highest BCUT2D eigenvalue weighted by Gasteiger charge is 2.52. The van der Waals surface area contributed by atoms with Crippen LogP contribution in [0.4, 0.5) is 9.18 Å². The quantitative estimate of drug-likeness (QED) is 0.797. The van der Waals surface area contributed by atoms with Crippen molar-refractivity contribution in [2.75, 3.05) is 6.54 Å². The van der Waals surface area contributed by atoms with E-state index < -0.39 is 23.4 Å². The Morgan fingerprint density at radius 3 is 2.57 bits per heavy atom. The summed E-state index contributed by atoms with van der Waals surface area (Å²) >= 11 is 0. The van der Waals surface area contributed by atoms with Crippen LogP contribution < -0.4 is 10.6 Å². The van der Waals surface area contributed by atoms with Gasteiger partial charge in [-0.15, -0.1) is 0 Å². The van der Waals surface area contributed by atoms with Crippen molar-refractivity contribution in [2.24, 2.45) is 11.3 Å². The molecule has 5 nitrogen and oxygen atoms in total. The van der Waals surface area contributed by atoms with Gasteiger partial charge >= 0.3 is 6.09 Å². The zero-order valence-corrected chi connectivity index (χ0v) is 13.6. The molecule has 6 heteroatoms. The predicted octanol–water partition coefficient (Wildman–Crippen LogP) is 3.02. The first-order chi connectivity index (χ1) is 10.7. The lowest BCUT2D eigenvalue weighted by atomic mass is 9.71. The summed E-state index contributed by atoms with van der Waals surface area (Å²) in [5.41, 5.74) is -0.852. The van der Waals surface area contributed by atoms with Gasteiger partial charge in [-0.2, -0.15) is 0 Å². The molecule has 2 rings (SSSR count). The van der Waals surface area contributed by atoms with Crippen molar-refractivity contribution in [1.29, 1.82) is 0 Å². The van der Waals surface area contributed by atoms with E-state index in [4.69, 9.17) is 5.11 Å². The predicted molar refractivity (Wildman–Crippen MR) is 84.8 cm³/mol. The first-order valence-corrected chi connectivity index (χ1v) is 7.71. The van der Waals surface area contributed by atoms with Crippen molar-refractivity contribution in [3.8, 4) is 0 Å². The molecule has 23 heavy (non-hydrogen) atoms. The molecule has 1 aromatic rings. The van der Waals surface area contributed by atoms with E-state index in [1.165, 1.54) is 18.2 Å². The minimum absolute atomic E-state index is 0.0229. The summed E-state index contributed by atoms with van der Waals surface area (Å²) in [6.07, 6.45) is 0.449. The number of nitrogens with one attached hydrogen (secondary N) is 2. The van der Waals surface area contributed by atoms with E-state index in [0.29, 0.717) is 13.0 Å². The molecule has 0 aliphatic heterocycles. The maximum absolute atomic E-state index is 13.6. The second-order valence-electron chi connectivity index (χ2n) is 6.91. The fourth-order valence-corrected chi connectivity index (χ4v) is 3.37. The SMILES string of the molecule is CC1(C)[C@@H](CNC(=O)c2ccccc2F)CC[C@@]1(C)NC(=O)O. The Labute approximate surface area is 135 Å². The van der Waals surface area contributed by atoms with Crippen LogP contribution in [0.2, 0.25) is 0 Å². The number of carbonyl (C=O) groups is 2. The van der Waals surface area contributed by atoms with Crippen LogP contribution in [0.15, 0.2) is 24.3 Å². The summed E-state index contributed by atoms with van der Waals surface area (Å²) in [5, 5.41) is 14.4.